The van der Waals surface area contributed by atoms with Crippen LogP contribution in [0.4, 0.5) is 0 Å². The van der Waals surface area contributed by atoms with E-state index in [0.717, 1.165) is 5.75 Å². The molecule has 0 heterocycles. The third-order valence-corrected chi connectivity index (χ3v) is 2.84. The van der Waals surface area contributed by atoms with E-state index in [-0.39, 0.29) is 0 Å². The van der Waals surface area contributed by atoms with Gasteiger partial charge in [0.1, 0.15) is 6.04 Å². The lowest BCUT2D eigenvalue weighted by atomic mass is 10.4. The molecular formula is C10H21NO5S. The number of rotatable bonds is 12. The summed E-state index contributed by atoms with van der Waals surface area (Å²) in [4.78, 5) is 10.4. The average Bonchev–Trinajstić information content (AvgIpc) is 2.31. The van der Waals surface area contributed by atoms with E-state index in [1.807, 2.05) is 0 Å². The van der Waals surface area contributed by atoms with Crippen LogP contribution in [0, 0.1) is 0 Å². The maximum atomic E-state index is 10.4. The zero-order valence-electron chi connectivity index (χ0n) is 10.1. The largest absolute Gasteiger partial charge is 0.480 e. The molecule has 0 rings (SSSR count). The van der Waals surface area contributed by atoms with Crippen LogP contribution in [-0.4, -0.2) is 68.8 Å². The molecule has 0 aromatic carbocycles. The van der Waals surface area contributed by atoms with Gasteiger partial charge in [-0.15, -0.1) is 0 Å². The van der Waals surface area contributed by atoms with Gasteiger partial charge in [0.25, 0.3) is 0 Å². The first-order valence-electron chi connectivity index (χ1n) is 5.39. The van der Waals surface area contributed by atoms with E-state index in [2.05, 4.69) is 0 Å². The van der Waals surface area contributed by atoms with Crippen molar-refractivity contribution in [1.82, 2.24) is 0 Å². The van der Waals surface area contributed by atoms with Gasteiger partial charge >= 0.3 is 5.97 Å². The van der Waals surface area contributed by atoms with Gasteiger partial charge in [0.15, 0.2) is 0 Å². The van der Waals surface area contributed by atoms with E-state index in [1.165, 1.54) is 11.8 Å². The maximum Gasteiger partial charge on any atom is 0.321 e. The Morgan fingerprint density at radius 2 is 1.82 bits per heavy atom. The van der Waals surface area contributed by atoms with E-state index in [0.29, 0.717) is 38.8 Å². The number of ether oxygens (including phenoxy) is 3. The molecule has 3 N–H and O–H groups in total. The van der Waals surface area contributed by atoms with Crippen molar-refractivity contribution in [3.05, 3.63) is 0 Å². The molecule has 0 aliphatic carbocycles. The van der Waals surface area contributed by atoms with E-state index < -0.39 is 12.0 Å². The summed E-state index contributed by atoms with van der Waals surface area (Å²) in [5.74, 6) is 0.173. The van der Waals surface area contributed by atoms with Crippen LogP contribution in [0.2, 0.25) is 0 Å². The molecule has 0 fully saturated rings. The molecule has 0 radical (unpaired) electrons. The number of carbonyl (C=O) groups is 1. The standard InChI is InChI=1S/C10H21NO5S/c1-14-2-3-15-4-5-16-6-7-17-8-9(11)10(12)13/h9H,2-8,11H2,1H3,(H,12,13). The van der Waals surface area contributed by atoms with Crippen LogP contribution in [0.3, 0.4) is 0 Å². The third-order valence-electron chi connectivity index (χ3n) is 1.79. The van der Waals surface area contributed by atoms with Crippen LogP contribution < -0.4 is 5.73 Å². The van der Waals surface area contributed by atoms with E-state index in [9.17, 15) is 4.79 Å². The van der Waals surface area contributed by atoms with Gasteiger partial charge in [-0.1, -0.05) is 0 Å². The van der Waals surface area contributed by atoms with Crippen LogP contribution in [0.25, 0.3) is 0 Å². The predicted octanol–water partition coefficient (Wildman–Crippen LogP) is -0.189. The minimum absolute atomic E-state index is 0.406. The summed E-state index contributed by atoms with van der Waals surface area (Å²) in [5.41, 5.74) is 5.33. The minimum atomic E-state index is -0.968. The highest BCUT2D eigenvalue weighted by atomic mass is 32.2. The molecule has 0 bridgehead atoms. The monoisotopic (exact) mass is 267 g/mol. The van der Waals surface area contributed by atoms with Gasteiger partial charge in [-0.2, -0.15) is 11.8 Å². The summed E-state index contributed by atoms with van der Waals surface area (Å²) in [5, 5.41) is 8.53. The summed E-state index contributed by atoms with van der Waals surface area (Å²) in [6.45, 7) is 2.81. The molecule has 0 saturated carbocycles. The second-order valence-corrected chi connectivity index (χ2v) is 4.39. The lowest BCUT2D eigenvalue weighted by Gasteiger charge is -2.07. The highest BCUT2D eigenvalue weighted by molar-refractivity contribution is 7.99. The lowest BCUT2D eigenvalue weighted by Crippen LogP contribution is -2.32. The number of nitrogens with two attached hydrogens (primary N) is 1. The first-order chi connectivity index (χ1) is 8.18. The van der Waals surface area contributed by atoms with Gasteiger partial charge in [0.05, 0.1) is 33.0 Å². The second kappa shape index (κ2) is 12.1. The Morgan fingerprint density at radius 1 is 1.24 bits per heavy atom. The minimum Gasteiger partial charge on any atom is -0.480 e. The lowest BCUT2D eigenvalue weighted by molar-refractivity contribution is -0.137. The first kappa shape index (κ1) is 16.7. The Balaban J connectivity index is 3.06. The highest BCUT2D eigenvalue weighted by Crippen LogP contribution is 2.01. The van der Waals surface area contributed by atoms with Crippen LogP contribution in [0.5, 0.6) is 0 Å². The summed E-state index contributed by atoms with van der Waals surface area (Å²) in [6.07, 6.45) is 0. The van der Waals surface area contributed by atoms with Crippen molar-refractivity contribution in [3.63, 3.8) is 0 Å². The zero-order valence-corrected chi connectivity index (χ0v) is 10.9. The van der Waals surface area contributed by atoms with Crippen molar-refractivity contribution >= 4 is 17.7 Å². The fraction of sp³-hybridized carbons (Fsp3) is 0.900. The number of methoxy groups -OCH3 is 1. The second-order valence-electron chi connectivity index (χ2n) is 3.24. The number of aliphatic carboxylic acids is 1. The Kier molecular flexibility index (Phi) is 11.9. The summed E-state index contributed by atoms with van der Waals surface area (Å²) >= 11 is 1.47. The number of thioether (sulfide) groups is 1. The fourth-order valence-electron chi connectivity index (χ4n) is 0.864. The van der Waals surface area contributed by atoms with E-state index in [4.69, 9.17) is 25.1 Å². The quantitative estimate of drug-likeness (QED) is 0.474. The Hall–Kier alpha value is -0.340. The normalized spacial score (nSPS) is 12.6. The molecule has 0 aliphatic rings. The van der Waals surface area contributed by atoms with Crippen LogP contribution in [0.1, 0.15) is 0 Å². The molecule has 0 amide bonds. The molecule has 0 aromatic rings. The van der Waals surface area contributed by atoms with E-state index in [1.54, 1.807) is 7.11 Å². The number of hydrogen-bond acceptors (Lipinski definition) is 6. The van der Waals surface area contributed by atoms with Gasteiger partial charge in [-0.25, -0.2) is 0 Å². The Bertz CT molecular complexity index is 194. The topological polar surface area (TPSA) is 91.0 Å². The molecule has 7 heteroatoms. The molecule has 102 valence electrons. The van der Waals surface area contributed by atoms with Gasteiger partial charge in [0, 0.05) is 18.6 Å². The maximum absolute atomic E-state index is 10.4. The van der Waals surface area contributed by atoms with Crippen molar-refractivity contribution in [1.29, 1.82) is 0 Å². The molecule has 0 aliphatic heterocycles. The van der Waals surface area contributed by atoms with Crippen molar-refractivity contribution in [2.45, 2.75) is 6.04 Å². The van der Waals surface area contributed by atoms with Gasteiger partial charge in [0.2, 0.25) is 0 Å². The summed E-state index contributed by atoms with van der Waals surface area (Å²) < 4.78 is 15.3. The van der Waals surface area contributed by atoms with Crippen LogP contribution in [-0.2, 0) is 19.0 Å². The van der Waals surface area contributed by atoms with Crippen molar-refractivity contribution in [2.24, 2.45) is 5.73 Å². The average molecular weight is 267 g/mol. The van der Waals surface area contributed by atoms with Gasteiger partial charge in [-0.3, -0.25) is 4.79 Å². The fourth-order valence-corrected chi connectivity index (χ4v) is 1.66. The molecule has 1 unspecified atom stereocenters. The number of carboxylic acid groups (broad SMARTS) is 1. The predicted molar refractivity (Wildman–Crippen MR) is 66.5 cm³/mol. The molecule has 0 aromatic heterocycles. The molecule has 6 nitrogen and oxygen atoms in total. The first-order valence-corrected chi connectivity index (χ1v) is 6.54. The Labute approximate surface area is 106 Å². The van der Waals surface area contributed by atoms with Crippen LogP contribution >= 0.6 is 11.8 Å². The van der Waals surface area contributed by atoms with Gasteiger partial charge < -0.3 is 25.1 Å². The van der Waals surface area contributed by atoms with Crippen molar-refractivity contribution in [3.8, 4) is 0 Å². The molecule has 0 saturated heterocycles. The van der Waals surface area contributed by atoms with Crippen molar-refractivity contribution < 1.29 is 24.1 Å². The SMILES string of the molecule is COCCOCCOCCSCC(N)C(=O)O. The molecule has 0 spiro atoms. The molecule has 17 heavy (non-hydrogen) atoms. The highest BCUT2D eigenvalue weighted by Gasteiger charge is 2.10. The number of hydrogen-bond donors (Lipinski definition) is 2. The smallest absolute Gasteiger partial charge is 0.321 e. The number of carboxylic acids is 1. The Morgan fingerprint density at radius 3 is 2.41 bits per heavy atom. The third kappa shape index (κ3) is 11.9. The van der Waals surface area contributed by atoms with Crippen molar-refractivity contribution in [2.75, 3.05) is 51.6 Å². The van der Waals surface area contributed by atoms with Gasteiger partial charge in [-0.05, 0) is 0 Å². The zero-order chi connectivity index (χ0) is 12.9. The summed E-state index contributed by atoms with van der Waals surface area (Å²) in [6, 6.07) is -0.794. The summed E-state index contributed by atoms with van der Waals surface area (Å²) in [7, 11) is 1.62. The molecular weight excluding hydrogens is 246 g/mol. The molecule has 1 atom stereocenters. The van der Waals surface area contributed by atoms with E-state index >= 15 is 0 Å². The van der Waals surface area contributed by atoms with Crippen LogP contribution in [0.15, 0.2) is 0 Å².